The maximum atomic E-state index is 12.0. The third kappa shape index (κ3) is 3.76. The van der Waals surface area contributed by atoms with Gasteiger partial charge in [0.1, 0.15) is 5.75 Å². The van der Waals surface area contributed by atoms with E-state index >= 15 is 0 Å². The molecule has 5 nitrogen and oxygen atoms in total. The summed E-state index contributed by atoms with van der Waals surface area (Å²) >= 11 is 0. The molecule has 0 spiro atoms. The van der Waals surface area contributed by atoms with Crippen LogP contribution in [0.5, 0.6) is 5.75 Å². The molecule has 0 aromatic heterocycles. The van der Waals surface area contributed by atoms with Crippen molar-refractivity contribution >= 4 is 11.9 Å². The first-order valence-corrected chi connectivity index (χ1v) is 5.68. The lowest BCUT2D eigenvalue weighted by Gasteiger charge is -2.17. The van der Waals surface area contributed by atoms with Crippen molar-refractivity contribution in [3.8, 4) is 5.75 Å². The third-order valence-corrected chi connectivity index (χ3v) is 2.61. The Morgan fingerprint density at radius 2 is 2.00 bits per heavy atom. The minimum absolute atomic E-state index is 0.0253. The number of hydrogen-bond acceptors (Lipinski definition) is 3. The van der Waals surface area contributed by atoms with Gasteiger partial charge in [-0.2, -0.15) is 0 Å². The first-order chi connectivity index (χ1) is 8.41. The van der Waals surface area contributed by atoms with Crippen LogP contribution in [0.3, 0.4) is 0 Å². The molecule has 0 saturated heterocycles. The Bertz CT molecular complexity index is 456. The van der Waals surface area contributed by atoms with Gasteiger partial charge in [-0.05, 0) is 31.0 Å². The maximum Gasteiger partial charge on any atom is 0.303 e. The van der Waals surface area contributed by atoms with Crippen LogP contribution in [-0.4, -0.2) is 40.6 Å². The molecular weight excluding hydrogens is 234 g/mol. The molecule has 0 aliphatic heterocycles. The summed E-state index contributed by atoms with van der Waals surface area (Å²) in [6.07, 6.45) is 0.418. The highest BCUT2D eigenvalue weighted by Gasteiger charge is 2.15. The molecule has 0 radical (unpaired) electrons. The van der Waals surface area contributed by atoms with E-state index < -0.39 is 5.97 Å². The smallest absolute Gasteiger partial charge is 0.303 e. The predicted molar refractivity (Wildman–Crippen MR) is 66.7 cm³/mol. The lowest BCUT2D eigenvalue weighted by Crippen LogP contribution is -2.28. The number of carboxylic acid groups (broad SMARTS) is 1. The number of rotatable bonds is 5. The lowest BCUT2D eigenvalue weighted by atomic mass is 10.1. The summed E-state index contributed by atoms with van der Waals surface area (Å²) in [4.78, 5) is 23.7. The summed E-state index contributed by atoms with van der Waals surface area (Å²) in [6, 6.07) is 4.84. The average molecular weight is 251 g/mol. The van der Waals surface area contributed by atoms with Gasteiger partial charge in [0.15, 0.2) is 0 Å². The van der Waals surface area contributed by atoms with Gasteiger partial charge in [0.25, 0.3) is 5.91 Å². The maximum absolute atomic E-state index is 12.0. The zero-order valence-corrected chi connectivity index (χ0v) is 10.5. The molecule has 1 aromatic rings. The van der Waals surface area contributed by atoms with Crippen LogP contribution in [0.1, 0.15) is 28.8 Å². The second-order valence-electron chi connectivity index (χ2n) is 4.24. The van der Waals surface area contributed by atoms with Crippen LogP contribution in [0.15, 0.2) is 18.2 Å². The Morgan fingerprint density at radius 3 is 2.56 bits per heavy atom. The standard InChI is InChI=1S/C13H17NO4/c1-9-5-6-10(11(15)8-9)13(18)14(2)7-3-4-12(16)17/h5-6,8,15H,3-4,7H2,1-2H3,(H,16,17). The Kier molecular flexibility index (Phi) is 4.71. The number of aliphatic carboxylic acids is 1. The van der Waals surface area contributed by atoms with Gasteiger partial charge in [0, 0.05) is 20.0 Å². The zero-order valence-electron chi connectivity index (χ0n) is 10.5. The van der Waals surface area contributed by atoms with Crippen LogP contribution < -0.4 is 0 Å². The molecule has 1 rings (SSSR count). The van der Waals surface area contributed by atoms with Crippen molar-refractivity contribution in [3.63, 3.8) is 0 Å². The first-order valence-electron chi connectivity index (χ1n) is 5.68. The van der Waals surface area contributed by atoms with Gasteiger partial charge in [-0.25, -0.2) is 0 Å². The highest BCUT2D eigenvalue weighted by molar-refractivity contribution is 5.96. The number of nitrogens with zero attached hydrogens (tertiary/aromatic N) is 1. The second-order valence-corrected chi connectivity index (χ2v) is 4.24. The molecule has 1 aromatic carbocycles. The van der Waals surface area contributed by atoms with E-state index in [1.165, 1.54) is 11.0 Å². The van der Waals surface area contributed by atoms with Crippen LogP contribution in [0.4, 0.5) is 0 Å². The molecule has 0 saturated carbocycles. The predicted octanol–water partition coefficient (Wildman–Crippen LogP) is 1.64. The summed E-state index contributed by atoms with van der Waals surface area (Å²) in [5.74, 6) is -1.24. The molecule has 0 bridgehead atoms. The highest BCUT2D eigenvalue weighted by Crippen LogP contribution is 2.19. The Balaban J connectivity index is 2.65. The quantitative estimate of drug-likeness (QED) is 0.833. The fourth-order valence-electron chi connectivity index (χ4n) is 1.60. The second kappa shape index (κ2) is 6.05. The molecule has 2 N–H and O–H groups in total. The fraction of sp³-hybridized carbons (Fsp3) is 0.385. The first kappa shape index (κ1) is 14.0. The number of phenols is 1. The molecule has 1 amide bonds. The zero-order chi connectivity index (χ0) is 13.7. The number of benzene rings is 1. The Hall–Kier alpha value is -2.04. The summed E-state index contributed by atoms with van der Waals surface area (Å²) < 4.78 is 0. The van der Waals surface area contributed by atoms with Gasteiger partial charge in [0.05, 0.1) is 5.56 Å². The van der Waals surface area contributed by atoms with Crippen molar-refractivity contribution < 1.29 is 19.8 Å². The third-order valence-electron chi connectivity index (χ3n) is 2.61. The summed E-state index contributed by atoms with van der Waals surface area (Å²) in [5.41, 5.74) is 1.11. The van der Waals surface area contributed by atoms with E-state index in [4.69, 9.17) is 5.11 Å². The number of carbonyl (C=O) groups excluding carboxylic acids is 1. The number of hydrogen-bond donors (Lipinski definition) is 2. The van der Waals surface area contributed by atoms with E-state index in [9.17, 15) is 14.7 Å². The number of aromatic hydroxyl groups is 1. The largest absolute Gasteiger partial charge is 0.507 e. The van der Waals surface area contributed by atoms with Crippen LogP contribution in [0.25, 0.3) is 0 Å². The van der Waals surface area contributed by atoms with E-state index in [2.05, 4.69) is 0 Å². The van der Waals surface area contributed by atoms with Gasteiger partial charge in [-0.3, -0.25) is 9.59 Å². The number of carbonyl (C=O) groups is 2. The normalized spacial score (nSPS) is 10.1. The molecule has 0 unspecified atom stereocenters. The molecule has 0 atom stereocenters. The SMILES string of the molecule is Cc1ccc(C(=O)N(C)CCCC(=O)O)c(O)c1. The highest BCUT2D eigenvalue weighted by atomic mass is 16.4. The van der Waals surface area contributed by atoms with Gasteiger partial charge >= 0.3 is 5.97 Å². The lowest BCUT2D eigenvalue weighted by molar-refractivity contribution is -0.137. The summed E-state index contributed by atoms with van der Waals surface area (Å²) in [6.45, 7) is 2.17. The van der Waals surface area contributed by atoms with E-state index in [0.717, 1.165) is 5.56 Å². The van der Waals surface area contributed by atoms with E-state index in [1.54, 1.807) is 19.2 Å². The van der Waals surface area contributed by atoms with Crippen molar-refractivity contribution in [2.24, 2.45) is 0 Å². The fourth-order valence-corrected chi connectivity index (χ4v) is 1.60. The Morgan fingerprint density at radius 1 is 1.33 bits per heavy atom. The number of phenolic OH excluding ortho intramolecular Hbond substituents is 1. The number of amides is 1. The van der Waals surface area contributed by atoms with E-state index in [0.29, 0.717) is 13.0 Å². The topological polar surface area (TPSA) is 77.8 Å². The van der Waals surface area contributed by atoms with Gasteiger partial charge in [0.2, 0.25) is 0 Å². The Labute approximate surface area is 106 Å². The van der Waals surface area contributed by atoms with Gasteiger partial charge < -0.3 is 15.1 Å². The molecule has 5 heteroatoms. The molecule has 98 valence electrons. The van der Waals surface area contributed by atoms with Crippen LogP contribution in [-0.2, 0) is 4.79 Å². The monoisotopic (exact) mass is 251 g/mol. The van der Waals surface area contributed by atoms with Crippen molar-refractivity contribution in [2.75, 3.05) is 13.6 Å². The minimum Gasteiger partial charge on any atom is -0.507 e. The van der Waals surface area contributed by atoms with Gasteiger partial charge in [-0.15, -0.1) is 0 Å². The summed E-state index contributed by atoms with van der Waals surface area (Å²) in [5, 5.41) is 18.2. The van der Waals surface area contributed by atoms with Crippen molar-refractivity contribution in [1.29, 1.82) is 0 Å². The number of aryl methyl sites for hydroxylation is 1. The molecule has 0 heterocycles. The molecule has 0 fully saturated rings. The average Bonchev–Trinajstić information content (AvgIpc) is 2.27. The molecule has 0 aliphatic rings. The molecule has 18 heavy (non-hydrogen) atoms. The minimum atomic E-state index is -0.881. The van der Waals surface area contributed by atoms with Crippen molar-refractivity contribution in [3.05, 3.63) is 29.3 Å². The van der Waals surface area contributed by atoms with Gasteiger partial charge in [-0.1, -0.05) is 6.07 Å². The van der Waals surface area contributed by atoms with Crippen LogP contribution >= 0.6 is 0 Å². The van der Waals surface area contributed by atoms with E-state index in [1.807, 2.05) is 6.92 Å². The van der Waals surface area contributed by atoms with Crippen LogP contribution in [0.2, 0.25) is 0 Å². The van der Waals surface area contributed by atoms with E-state index in [-0.39, 0.29) is 23.6 Å². The number of carboxylic acids is 1. The molecular formula is C13H17NO4. The van der Waals surface area contributed by atoms with Crippen molar-refractivity contribution in [2.45, 2.75) is 19.8 Å². The van der Waals surface area contributed by atoms with Crippen molar-refractivity contribution in [1.82, 2.24) is 4.90 Å². The summed E-state index contributed by atoms with van der Waals surface area (Å²) in [7, 11) is 1.59. The van der Waals surface area contributed by atoms with Crippen LogP contribution in [0, 0.1) is 6.92 Å². The molecule has 0 aliphatic carbocycles.